The van der Waals surface area contributed by atoms with Crippen LogP contribution in [0.3, 0.4) is 0 Å². The third-order valence-corrected chi connectivity index (χ3v) is 9.07. The molecule has 0 aliphatic rings. The molecule has 0 aliphatic carbocycles. The van der Waals surface area contributed by atoms with E-state index in [1.807, 2.05) is 30.4 Å². The van der Waals surface area contributed by atoms with Crippen LogP contribution in [0.15, 0.2) is 54.6 Å². The molecule has 0 bridgehead atoms. The van der Waals surface area contributed by atoms with Gasteiger partial charge in [-0.05, 0) is 0 Å². The summed E-state index contributed by atoms with van der Waals surface area (Å²) < 4.78 is 242. The van der Waals surface area contributed by atoms with Gasteiger partial charge in [0, 0.05) is 0 Å². The van der Waals surface area contributed by atoms with E-state index in [1.54, 1.807) is 0 Å². The van der Waals surface area contributed by atoms with E-state index in [2.05, 4.69) is 0 Å². The Kier molecular flexibility index (Phi) is 10.0. The Hall–Kier alpha value is -3.25. The van der Waals surface area contributed by atoms with Crippen molar-refractivity contribution in [2.24, 2.45) is 0 Å². The van der Waals surface area contributed by atoms with Crippen LogP contribution in [0.5, 0.6) is 0 Å². The predicted molar refractivity (Wildman–Crippen MR) is 133 cm³/mol. The number of hydrogen-bond acceptors (Lipinski definition) is 3. The van der Waals surface area contributed by atoms with Gasteiger partial charge >= 0.3 is 257 Å². The Morgan fingerprint density at radius 3 is 0.596 bits per heavy atom. The number of halogens is 18. The van der Waals surface area contributed by atoms with Gasteiger partial charge in [0.2, 0.25) is 0 Å². The van der Waals surface area contributed by atoms with E-state index in [0.717, 1.165) is 0 Å². The Morgan fingerprint density at radius 1 is 0.319 bits per heavy atom. The number of rotatable bonds is 6. The summed E-state index contributed by atoms with van der Waals surface area (Å²) in [6.07, 6.45) is -32.9. The van der Waals surface area contributed by atoms with Crippen molar-refractivity contribution in [1.82, 2.24) is 0 Å². The topological polar surface area (TPSA) is 36.1 Å². The van der Waals surface area contributed by atoms with Crippen LogP contribution < -0.4 is 15.3 Å². The second kappa shape index (κ2) is 12.3. The minimum atomic E-state index is -5.48. The number of alkyl halides is 18. The van der Waals surface area contributed by atoms with Crippen LogP contribution in [0, 0.1) is 0 Å². The molecule has 0 saturated carbocycles. The summed E-state index contributed by atoms with van der Waals surface area (Å²) in [6, 6.07) is -1.15. The molecule has 0 aliphatic heterocycles. The minimum absolute atomic E-state index is 0.00868. The molecular formula is C24H12F18N3PSe. The summed E-state index contributed by atoms with van der Waals surface area (Å²) in [5.41, 5.74) is -15.6. The molecule has 23 heteroatoms. The molecule has 0 radical (unpaired) electrons. The fraction of sp³-hybridized carbons (Fsp3) is 0.250. The van der Waals surface area contributed by atoms with Gasteiger partial charge in [-0.1, -0.05) is 0 Å². The fourth-order valence-corrected chi connectivity index (χ4v) is 7.32. The van der Waals surface area contributed by atoms with Gasteiger partial charge in [-0.2, -0.15) is 0 Å². The van der Waals surface area contributed by atoms with Crippen molar-refractivity contribution in [1.29, 1.82) is 0 Å². The first-order valence-electron chi connectivity index (χ1n) is 11.7. The van der Waals surface area contributed by atoms with Gasteiger partial charge in [-0.3, -0.25) is 0 Å². The first kappa shape index (κ1) is 38.2. The zero-order chi connectivity index (χ0) is 36.2. The summed E-state index contributed by atoms with van der Waals surface area (Å²) in [5, 5.41) is 5.76. The molecule has 3 rings (SSSR count). The maximum absolute atomic E-state index is 13.4. The van der Waals surface area contributed by atoms with E-state index in [9.17, 15) is 79.0 Å². The summed E-state index contributed by atoms with van der Waals surface area (Å²) in [5.74, 6) is -4.65. The Bertz CT molecular complexity index is 1380. The predicted octanol–water partition coefficient (Wildman–Crippen LogP) is 11.3. The molecule has 0 spiro atoms. The van der Waals surface area contributed by atoms with E-state index in [0.29, 0.717) is 0 Å². The standard InChI is InChI=1S/C24H12F18N3PSe/c25-19(26,27)10-1-11(20(28,29)30)5-16(4-10)43-46(47,44-17-6-12(21(31,32)33)2-13(7-17)22(34,35)36)45-18-8-14(23(37,38)39)3-15(9-18)24(40,41)42/h1-9H,(H3,43,44,45,47). The Morgan fingerprint density at radius 2 is 0.468 bits per heavy atom. The summed E-state index contributed by atoms with van der Waals surface area (Å²) in [4.78, 5) is 0. The number of hydrogen-bond donors (Lipinski definition) is 3. The zero-order valence-electron chi connectivity index (χ0n) is 21.9. The van der Waals surface area contributed by atoms with Crippen LogP contribution in [0.4, 0.5) is 96.1 Å². The molecule has 3 nitrogen and oxygen atoms in total. The molecule has 47 heavy (non-hydrogen) atoms. The van der Waals surface area contributed by atoms with E-state index >= 15 is 0 Å². The molecule has 3 aromatic carbocycles. The van der Waals surface area contributed by atoms with E-state index in [-0.39, 0.29) is 54.6 Å². The van der Waals surface area contributed by atoms with E-state index in [1.165, 1.54) is 0 Å². The summed E-state index contributed by atoms with van der Waals surface area (Å²) in [6.45, 7) is 0. The van der Waals surface area contributed by atoms with Gasteiger partial charge in [0.1, 0.15) is 0 Å². The summed E-state index contributed by atoms with van der Waals surface area (Å²) in [7, 11) is 0. The molecule has 0 saturated heterocycles. The van der Waals surface area contributed by atoms with Gasteiger partial charge in [-0.15, -0.1) is 0 Å². The third kappa shape index (κ3) is 10.1. The molecular weight excluding hydrogens is 782 g/mol. The van der Waals surface area contributed by atoms with Crippen LogP contribution in [0.1, 0.15) is 33.4 Å². The second-order valence-corrected chi connectivity index (χ2v) is 14.7. The van der Waals surface area contributed by atoms with Gasteiger partial charge in [-0.25, -0.2) is 0 Å². The fourth-order valence-electron chi connectivity index (χ4n) is 3.69. The van der Waals surface area contributed by atoms with Crippen molar-refractivity contribution in [3.05, 3.63) is 88.0 Å². The maximum atomic E-state index is 13.4. The van der Waals surface area contributed by atoms with Crippen LogP contribution in [0.2, 0.25) is 0 Å². The van der Waals surface area contributed by atoms with Gasteiger partial charge in [0.15, 0.2) is 0 Å². The summed E-state index contributed by atoms with van der Waals surface area (Å²) >= 11 is 1.98. The first-order valence-corrected chi connectivity index (χ1v) is 15.7. The first-order chi connectivity index (χ1) is 20.9. The average molecular weight is 794 g/mol. The molecule has 3 aromatic rings. The molecule has 0 unspecified atom stereocenters. The average Bonchev–Trinajstić information content (AvgIpc) is 2.84. The van der Waals surface area contributed by atoms with E-state index < -0.39 is 93.5 Å². The molecule has 0 atom stereocenters. The number of benzene rings is 3. The van der Waals surface area contributed by atoms with Crippen LogP contribution >= 0.6 is 5.96 Å². The zero-order valence-corrected chi connectivity index (χ0v) is 24.5. The molecule has 0 heterocycles. The molecule has 0 aromatic heterocycles. The van der Waals surface area contributed by atoms with Crippen molar-refractivity contribution < 1.29 is 79.0 Å². The van der Waals surface area contributed by atoms with Crippen molar-refractivity contribution in [2.75, 3.05) is 15.3 Å². The Balaban J connectivity index is 2.31. The third-order valence-electron chi connectivity index (χ3n) is 5.62. The van der Waals surface area contributed by atoms with Crippen LogP contribution in [-0.4, -0.2) is 15.1 Å². The van der Waals surface area contributed by atoms with Crippen LogP contribution in [0.25, 0.3) is 0 Å². The van der Waals surface area contributed by atoms with E-state index in [4.69, 9.17) is 0 Å². The van der Waals surface area contributed by atoms with Gasteiger partial charge in [0.05, 0.1) is 0 Å². The monoisotopic (exact) mass is 795 g/mol. The van der Waals surface area contributed by atoms with Crippen molar-refractivity contribution in [3.63, 3.8) is 0 Å². The van der Waals surface area contributed by atoms with Crippen LogP contribution in [-0.2, 0) is 37.1 Å². The van der Waals surface area contributed by atoms with Crippen molar-refractivity contribution >= 4 is 38.1 Å². The molecule has 260 valence electrons. The SMILES string of the molecule is FC(F)(F)c1cc(NP(=[Se])(Nc2cc(C(F)(F)F)cc(C(F)(F)F)c2)Nc2cc(C(F)(F)F)cc(C(F)(F)F)c2)cc(C(F)(F)F)c1. The second-order valence-electron chi connectivity index (χ2n) is 9.33. The molecule has 0 fully saturated rings. The van der Waals surface area contributed by atoms with Gasteiger partial charge < -0.3 is 0 Å². The Labute approximate surface area is 257 Å². The van der Waals surface area contributed by atoms with Gasteiger partial charge in [0.25, 0.3) is 0 Å². The quantitative estimate of drug-likeness (QED) is 0.132. The number of nitrogens with one attached hydrogen (secondary N) is 3. The van der Waals surface area contributed by atoms with Crippen molar-refractivity contribution in [2.45, 2.75) is 37.1 Å². The molecule has 0 amide bonds. The van der Waals surface area contributed by atoms with Crippen molar-refractivity contribution in [3.8, 4) is 0 Å². The number of anilines is 3. The normalized spacial score (nSPS) is 13.8. The molecule has 3 N–H and O–H groups in total.